The summed E-state index contributed by atoms with van der Waals surface area (Å²) in [7, 11) is -6.42. The fraction of sp³-hybridized carbons (Fsp3) is 0. The van der Waals surface area contributed by atoms with E-state index in [4.69, 9.17) is 0 Å². The van der Waals surface area contributed by atoms with E-state index >= 15 is 9.13 Å². The van der Waals surface area contributed by atoms with E-state index in [1.807, 2.05) is 133 Å². The van der Waals surface area contributed by atoms with Crippen LogP contribution >= 0.6 is 14.3 Å². The van der Waals surface area contributed by atoms with Gasteiger partial charge in [-0.3, -0.25) is 0 Å². The number of hydrogen-bond acceptors (Lipinski definition) is 2. The van der Waals surface area contributed by atoms with Crippen molar-refractivity contribution in [1.29, 1.82) is 0 Å². The van der Waals surface area contributed by atoms with Gasteiger partial charge in [-0.05, 0) is 33.4 Å². The lowest BCUT2D eigenvalue weighted by molar-refractivity contribution is 0.592. The highest BCUT2D eigenvalue weighted by Gasteiger charge is 2.45. The zero-order valence-corrected chi connectivity index (χ0v) is 29.0. The largest absolute Gasteiger partial charge is 0.309 e. The fourth-order valence-corrected chi connectivity index (χ4v) is 14.3. The SMILES string of the molecule is O=P1(c2ccccc2)C(c2ccccc2)=C(c2ccc(C3=C(c4ccccc4)P(=O)(c4ccccc4)c4ccccc43)cc2)c2ccccc21. The van der Waals surface area contributed by atoms with Crippen LogP contribution in [0.3, 0.4) is 0 Å². The Hall–Kier alpha value is -5.52. The molecule has 0 amide bonds. The van der Waals surface area contributed by atoms with E-state index in [1.54, 1.807) is 0 Å². The second-order valence-corrected chi connectivity index (χ2v) is 18.0. The minimum atomic E-state index is -3.21. The van der Waals surface area contributed by atoms with Gasteiger partial charge < -0.3 is 9.13 Å². The molecule has 0 fully saturated rings. The minimum absolute atomic E-state index is 0.829. The molecule has 2 aliphatic rings. The van der Waals surface area contributed by atoms with Crippen molar-refractivity contribution in [1.82, 2.24) is 0 Å². The van der Waals surface area contributed by atoms with Gasteiger partial charge >= 0.3 is 0 Å². The molecular weight excluding hydrogens is 646 g/mol. The van der Waals surface area contributed by atoms with Crippen molar-refractivity contribution >= 4 is 57.3 Å². The summed E-state index contributed by atoms with van der Waals surface area (Å²) >= 11 is 0. The Labute approximate surface area is 292 Å². The Kier molecular flexibility index (Phi) is 7.40. The van der Waals surface area contributed by atoms with Gasteiger partial charge in [-0.1, -0.05) is 194 Å². The highest BCUT2D eigenvalue weighted by Crippen LogP contribution is 2.67. The Balaban J connectivity index is 1.29. The molecule has 0 saturated carbocycles. The molecule has 2 aliphatic heterocycles. The third kappa shape index (κ3) is 4.57. The van der Waals surface area contributed by atoms with E-state index in [1.165, 1.54) is 0 Å². The topological polar surface area (TPSA) is 34.1 Å². The highest BCUT2D eigenvalue weighted by molar-refractivity contribution is 7.89. The van der Waals surface area contributed by atoms with Crippen LogP contribution in [0.1, 0.15) is 33.4 Å². The van der Waals surface area contributed by atoms with Crippen molar-refractivity contribution in [3.63, 3.8) is 0 Å². The average molecular weight is 679 g/mol. The zero-order valence-electron chi connectivity index (χ0n) is 27.2. The monoisotopic (exact) mass is 678 g/mol. The Morgan fingerprint density at radius 3 is 0.940 bits per heavy atom. The van der Waals surface area contributed by atoms with Crippen LogP contribution in [0.2, 0.25) is 0 Å². The molecule has 0 bridgehead atoms. The van der Waals surface area contributed by atoms with E-state index in [9.17, 15) is 0 Å². The average Bonchev–Trinajstić information content (AvgIpc) is 3.63. The third-order valence-corrected chi connectivity index (χ3v) is 16.3. The lowest BCUT2D eigenvalue weighted by Gasteiger charge is -2.20. The Morgan fingerprint density at radius 2 is 0.580 bits per heavy atom. The first-order chi connectivity index (χ1) is 24.6. The standard InChI is InChI=1S/C46H32O2P2/c47-49(37-21-9-3-10-22-37)41-27-15-13-25-39(41)43(45(49)35-17-5-1-6-18-35)33-29-31-34(32-30-33)44-40-26-14-16-28-42(40)50(48,38-23-11-4-12-24-38)46(44)36-19-7-2-8-20-36/h1-32H. The summed E-state index contributed by atoms with van der Waals surface area (Å²) in [6, 6.07) is 65.0. The molecule has 0 aromatic heterocycles. The first-order valence-corrected chi connectivity index (χ1v) is 20.2. The van der Waals surface area contributed by atoms with Gasteiger partial charge in [0.1, 0.15) is 0 Å². The second-order valence-electron chi connectivity index (χ2n) is 12.7. The van der Waals surface area contributed by atoms with Crippen molar-refractivity contribution in [3.05, 3.63) is 228 Å². The maximum absolute atomic E-state index is 15.7. The maximum Gasteiger partial charge on any atom is 0.172 e. The number of rotatable bonds is 6. The van der Waals surface area contributed by atoms with Crippen molar-refractivity contribution in [3.8, 4) is 0 Å². The van der Waals surface area contributed by atoms with Crippen LogP contribution in [0, 0.1) is 0 Å². The summed E-state index contributed by atoms with van der Waals surface area (Å²) in [5.41, 5.74) is 7.87. The first-order valence-electron chi connectivity index (χ1n) is 16.8. The van der Waals surface area contributed by atoms with Gasteiger partial charge in [0.25, 0.3) is 0 Å². The van der Waals surface area contributed by atoms with Crippen LogP contribution in [0.4, 0.5) is 0 Å². The molecule has 2 unspecified atom stereocenters. The van der Waals surface area contributed by atoms with Crippen LogP contribution in [0.25, 0.3) is 21.8 Å². The van der Waals surface area contributed by atoms with Gasteiger partial charge in [-0.15, -0.1) is 0 Å². The van der Waals surface area contributed by atoms with Gasteiger partial charge in [0.05, 0.1) is 0 Å². The van der Waals surface area contributed by atoms with Gasteiger partial charge in [0, 0.05) is 43.0 Å². The molecule has 0 spiro atoms. The molecule has 50 heavy (non-hydrogen) atoms. The van der Waals surface area contributed by atoms with Crippen molar-refractivity contribution in [2.75, 3.05) is 0 Å². The van der Waals surface area contributed by atoms with Crippen LogP contribution in [-0.2, 0) is 9.13 Å². The summed E-state index contributed by atoms with van der Waals surface area (Å²) in [5, 5.41) is 5.12. The van der Waals surface area contributed by atoms with Crippen molar-refractivity contribution in [2.24, 2.45) is 0 Å². The van der Waals surface area contributed by atoms with E-state index in [2.05, 4.69) is 60.7 Å². The summed E-state index contributed by atoms with van der Waals surface area (Å²) < 4.78 is 31.4. The quantitative estimate of drug-likeness (QED) is 0.164. The van der Waals surface area contributed by atoms with E-state index in [-0.39, 0.29) is 0 Å². The maximum atomic E-state index is 15.7. The van der Waals surface area contributed by atoms with E-state index < -0.39 is 14.3 Å². The predicted molar refractivity (Wildman–Crippen MR) is 211 cm³/mol. The van der Waals surface area contributed by atoms with Crippen LogP contribution < -0.4 is 21.2 Å². The second kappa shape index (κ2) is 12.1. The Bertz CT molecular complexity index is 2370. The zero-order chi connectivity index (χ0) is 33.7. The normalized spacial score (nSPS) is 19.4. The van der Waals surface area contributed by atoms with Crippen LogP contribution in [0.15, 0.2) is 194 Å². The molecule has 0 N–H and O–H groups in total. The fourth-order valence-electron chi connectivity index (χ4n) is 7.77. The number of hydrogen-bond donors (Lipinski definition) is 0. The van der Waals surface area contributed by atoms with Gasteiger partial charge in [-0.25, -0.2) is 0 Å². The number of fused-ring (bicyclic) bond motifs is 2. The van der Waals surface area contributed by atoms with Crippen LogP contribution in [-0.4, -0.2) is 0 Å². The van der Waals surface area contributed by atoms with E-state index in [0.717, 1.165) is 76.4 Å². The summed E-state index contributed by atoms with van der Waals surface area (Å²) in [5.74, 6) is 0. The van der Waals surface area contributed by atoms with Gasteiger partial charge in [0.2, 0.25) is 0 Å². The minimum Gasteiger partial charge on any atom is -0.309 e. The first kappa shape index (κ1) is 30.5. The van der Waals surface area contributed by atoms with Gasteiger partial charge in [-0.2, -0.15) is 0 Å². The molecule has 0 saturated heterocycles. The summed E-state index contributed by atoms with van der Waals surface area (Å²) in [6.07, 6.45) is 0. The lowest BCUT2D eigenvalue weighted by atomic mass is 9.91. The predicted octanol–water partition coefficient (Wildman–Crippen LogP) is 10.2. The molecule has 9 rings (SSSR count). The summed E-state index contributed by atoms with van der Waals surface area (Å²) in [4.78, 5) is 0. The lowest BCUT2D eigenvalue weighted by Crippen LogP contribution is -2.15. The van der Waals surface area contributed by atoms with Crippen molar-refractivity contribution in [2.45, 2.75) is 0 Å². The van der Waals surface area contributed by atoms with Crippen LogP contribution in [0.5, 0.6) is 0 Å². The third-order valence-electron chi connectivity index (χ3n) is 9.92. The Morgan fingerprint density at radius 1 is 0.280 bits per heavy atom. The smallest absolute Gasteiger partial charge is 0.172 e. The molecule has 7 aromatic carbocycles. The molecule has 4 heteroatoms. The molecule has 0 radical (unpaired) electrons. The van der Waals surface area contributed by atoms with Crippen molar-refractivity contribution < 1.29 is 9.13 Å². The van der Waals surface area contributed by atoms with E-state index in [0.29, 0.717) is 0 Å². The molecule has 238 valence electrons. The molecule has 7 aromatic rings. The molecule has 2 nitrogen and oxygen atoms in total. The molecule has 2 atom stereocenters. The molecule has 0 aliphatic carbocycles. The highest BCUT2D eigenvalue weighted by atomic mass is 31.2. The summed E-state index contributed by atoms with van der Waals surface area (Å²) in [6.45, 7) is 0. The molecule has 2 heterocycles. The van der Waals surface area contributed by atoms with Gasteiger partial charge in [0.15, 0.2) is 14.3 Å². The number of benzene rings is 7. The molecular formula is C46H32O2P2.